The highest BCUT2D eigenvalue weighted by Gasteiger charge is 2.12. The van der Waals surface area contributed by atoms with E-state index in [2.05, 4.69) is 5.32 Å². The van der Waals surface area contributed by atoms with E-state index in [-0.39, 0.29) is 0 Å². The molecule has 0 atom stereocenters. The Balaban J connectivity index is 2.21. The SMILES string of the molecule is CCOc1cc(CNc2cccc(Cl)c2C)cc(Cl)c1OCC. The van der Waals surface area contributed by atoms with Crippen molar-refractivity contribution in [3.05, 3.63) is 51.5 Å². The third-order valence-corrected chi connectivity index (χ3v) is 4.10. The van der Waals surface area contributed by atoms with E-state index in [9.17, 15) is 0 Å². The van der Waals surface area contributed by atoms with Gasteiger partial charge in [-0.1, -0.05) is 29.3 Å². The average molecular weight is 354 g/mol. The number of rotatable bonds is 7. The Kier molecular flexibility index (Phi) is 6.43. The molecule has 5 heteroatoms. The number of hydrogen-bond donors (Lipinski definition) is 1. The fourth-order valence-corrected chi connectivity index (χ4v) is 2.73. The smallest absolute Gasteiger partial charge is 0.179 e. The molecule has 124 valence electrons. The Morgan fingerprint density at radius 2 is 1.74 bits per heavy atom. The lowest BCUT2D eigenvalue weighted by atomic mass is 10.1. The summed E-state index contributed by atoms with van der Waals surface area (Å²) >= 11 is 12.5. The molecule has 2 rings (SSSR count). The first-order chi connectivity index (χ1) is 11.1. The maximum Gasteiger partial charge on any atom is 0.179 e. The second-order valence-electron chi connectivity index (χ2n) is 5.04. The van der Waals surface area contributed by atoms with Gasteiger partial charge in [-0.25, -0.2) is 0 Å². The van der Waals surface area contributed by atoms with Crippen molar-refractivity contribution in [2.45, 2.75) is 27.3 Å². The van der Waals surface area contributed by atoms with Crippen molar-refractivity contribution >= 4 is 28.9 Å². The number of ether oxygens (including phenoxy) is 2. The van der Waals surface area contributed by atoms with Gasteiger partial charge in [-0.3, -0.25) is 0 Å². The molecule has 0 amide bonds. The molecule has 0 aliphatic rings. The summed E-state index contributed by atoms with van der Waals surface area (Å²) in [5, 5.41) is 4.68. The standard InChI is InChI=1S/C18H21Cl2NO2/c1-4-22-17-10-13(9-15(20)18(17)23-5-2)11-21-16-8-6-7-14(19)12(16)3/h6-10,21H,4-5,11H2,1-3H3. The van der Waals surface area contributed by atoms with Gasteiger partial charge in [-0.2, -0.15) is 0 Å². The first-order valence-corrected chi connectivity index (χ1v) is 8.39. The first kappa shape index (κ1) is 17.8. The molecule has 0 radical (unpaired) electrons. The maximum atomic E-state index is 6.33. The van der Waals surface area contributed by atoms with Crippen LogP contribution in [0.4, 0.5) is 5.69 Å². The van der Waals surface area contributed by atoms with Crippen LogP contribution in [0.2, 0.25) is 10.0 Å². The number of anilines is 1. The molecule has 0 saturated carbocycles. The highest BCUT2D eigenvalue weighted by molar-refractivity contribution is 6.32. The first-order valence-electron chi connectivity index (χ1n) is 7.63. The highest BCUT2D eigenvalue weighted by Crippen LogP contribution is 2.37. The van der Waals surface area contributed by atoms with Gasteiger partial charge in [-0.05, 0) is 56.2 Å². The normalized spacial score (nSPS) is 10.5. The summed E-state index contributed by atoms with van der Waals surface area (Å²) in [5.41, 5.74) is 3.04. The largest absolute Gasteiger partial charge is 0.490 e. The van der Waals surface area contributed by atoms with E-state index in [0.717, 1.165) is 21.8 Å². The minimum atomic E-state index is 0.541. The molecule has 0 aliphatic carbocycles. The van der Waals surface area contributed by atoms with Crippen LogP contribution in [0.3, 0.4) is 0 Å². The van der Waals surface area contributed by atoms with E-state index >= 15 is 0 Å². The summed E-state index contributed by atoms with van der Waals surface area (Å²) in [4.78, 5) is 0. The summed E-state index contributed by atoms with van der Waals surface area (Å²) < 4.78 is 11.2. The average Bonchev–Trinajstić information content (AvgIpc) is 2.52. The third-order valence-electron chi connectivity index (χ3n) is 3.41. The molecule has 0 unspecified atom stereocenters. The lowest BCUT2D eigenvalue weighted by Gasteiger charge is -2.15. The van der Waals surface area contributed by atoms with E-state index in [1.54, 1.807) is 0 Å². The summed E-state index contributed by atoms with van der Waals surface area (Å²) in [5.74, 6) is 1.26. The Labute approximate surface area is 147 Å². The third kappa shape index (κ3) is 4.46. The van der Waals surface area contributed by atoms with Crippen molar-refractivity contribution in [2.24, 2.45) is 0 Å². The number of hydrogen-bond acceptors (Lipinski definition) is 3. The van der Waals surface area contributed by atoms with Crippen LogP contribution in [0.1, 0.15) is 25.0 Å². The van der Waals surface area contributed by atoms with Gasteiger partial charge < -0.3 is 14.8 Å². The molecule has 0 heterocycles. The summed E-state index contributed by atoms with van der Waals surface area (Å²) in [6.07, 6.45) is 0. The van der Waals surface area contributed by atoms with Crippen LogP contribution in [0, 0.1) is 6.92 Å². The molecule has 0 fully saturated rings. The second-order valence-corrected chi connectivity index (χ2v) is 5.85. The lowest BCUT2D eigenvalue weighted by Crippen LogP contribution is -2.04. The molecule has 0 aliphatic heterocycles. The van der Waals surface area contributed by atoms with Crippen LogP contribution < -0.4 is 14.8 Å². The monoisotopic (exact) mass is 353 g/mol. The molecule has 0 bridgehead atoms. The second kappa shape index (κ2) is 8.32. The lowest BCUT2D eigenvalue weighted by molar-refractivity contribution is 0.287. The predicted octanol–water partition coefficient (Wildman–Crippen LogP) is 5.71. The van der Waals surface area contributed by atoms with Crippen molar-refractivity contribution in [1.82, 2.24) is 0 Å². The van der Waals surface area contributed by atoms with Gasteiger partial charge in [0.15, 0.2) is 11.5 Å². The Bertz CT molecular complexity index is 674. The molecular weight excluding hydrogens is 333 g/mol. The minimum Gasteiger partial charge on any atom is -0.490 e. The van der Waals surface area contributed by atoms with Crippen LogP contribution in [0.25, 0.3) is 0 Å². The van der Waals surface area contributed by atoms with Gasteiger partial charge in [0.1, 0.15) is 0 Å². The molecule has 2 aromatic carbocycles. The van der Waals surface area contributed by atoms with Crippen LogP contribution in [0.5, 0.6) is 11.5 Å². The van der Waals surface area contributed by atoms with Crippen LogP contribution in [-0.2, 0) is 6.54 Å². The zero-order valence-electron chi connectivity index (χ0n) is 13.6. The zero-order valence-corrected chi connectivity index (χ0v) is 15.1. The fraction of sp³-hybridized carbons (Fsp3) is 0.333. The Morgan fingerprint density at radius 1 is 1.00 bits per heavy atom. The van der Waals surface area contributed by atoms with Crippen molar-refractivity contribution in [2.75, 3.05) is 18.5 Å². The number of halogens is 2. The van der Waals surface area contributed by atoms with Gasteiger partial charge in [0.25, 0.3) is 0 Å². The maximum absolute atomic E-state index is 6.33. The summed E-state index contributed by atoms with van der Waals surface area (Å²) in [6, 6.07) is 9.65. The van der Waals surface area contributed by atoms with E-state index in [1.807, 2.05) is 51.1 Å². The molecular formula is C18H21Cl2NO2. The Hall–Kier alpha value is -1.58. The molecule has 2 aromatic rings. The molecule has 23 heavy (non-hydrogen) atoms. The van der Waals surface area contributed by atoms with Crippen LogP contribution in [0.15, 0.2) is 30.3 Å². The van der Waals surface area contributed by atoms with Gasteiger partial charge in [0, 0.05) is 17.3 Å². The Morgan fingerprint density at radius 3 is 2.43 bits per heavy atom. The summed E-state index contributed by atoms with van der Waals surface area (Å²) in [6.45, 7) is 7.56. The molecule has 0 spiro atoms. The van der Waals surface area contributed by atoms with Gasteiger partial charge in [0.2, 0.25) is 0 Å². The topological polar surface area (TPSA) is 30.5 Å². The van der Waals surface area contributed by atoms with E-state index < -0.39 is 0 Å². The molecule has 1 N–H and O–H groups in total. The van der Waals surface area contributed by atoms with Crippen molar-refractivity contribution in [1.29, 1.82) is 0 Å². The summed E-state index contributed by atoms with van der Waals surface area (Å²) in [7, 11) is 0. The fourth-order valence-electron chi connectivity index (χ4n) is 2.27. The van der Waals surface area contributed by atoms with Crippen molar-refractivity contribution < 1.29 is 9.47 Å². The number of benzene rings is 2. The van der Waals surface area contributed by atoms with Crippen LogP contribution in [-0.4, -0.2) is 13.2 Å². The van der Waals surface area contributed by atoms with Gasteiger partial charge >= 0.3 is 0 Å². The van der Waals surface area contributed by atoms with Gasteiger partial charge in [-0.15, -0.1) is 0 Å². The number of nitrogens with one attached hydrogen (secondary N) is 1. The molecule has 3 nitrogen and oxygen atoms in total. The van der Waals surface area contributed by atoms with E-state index in [1.165, 1.54) is 0 Å². The van der Waals surface area contributed by atoms with Gasteiger partial charge in [0.05, 0.1) is 18.2 Å². The van der Waals surface area contributed by atoms with Crippen LogP contribution >= 0.6 is 23.2 Å². The zero-order chi connectivity index (χ0) is 16.8. The van der Waals surface area contributed by atoms with Crippen molar-refractivity contribution in [3.63, 3.8) is 0 Å². The highest BCUT2D eigenvalue weighted by atomic mass is 35.5. The molecule has 0 aromatic heterocycles. The molecule has 0 saturated heterocycles. The predicted molar refractivity (Wildman–Crippen MR) is 97.3 cm³/mol. The quantitative estimate of drug-likeness (QED) is 0.691. The van der Waals surface area contributed by atoms with Crippen molar-refractivity contribution in [3.8, 4) is 11.5 Å². The van der Waals surface area contributed by atoms with E-state index in [0.29, 0.717) is 36.3 Å². The minimum absolute atomic E-state index is 0.541. The van der Waals surface area contributed by atoms with E-state index in [4.69, 9.17) is 32.7 Å².